The van der Waals surface area contributed by atoms with Gasteiger partial charge in [-0.2, -0.15) is 0 Å². The van der Waals surface area contributed by atoms with E-state index in [0.29, 0.717) is 9.23 Å². The summed E-state index contributed by atoms with van der Waals surface area (Å²) in [6.07, 6.45) is 6.13. The van der Waals surface area contributed by atoms with Gasteiger partial charge in [-0.25, -0.2) is 0 Å². The van der Waals surface area contributed by atoms with Crippen LogP contribution >= 0.6 is 24.0 Å². The maximum Gasteiger partial charge on any atom is 0.270 e. The first-order chi connectivity index (χ1) is 10.7. The number of amides is 1. The number of hydrogen-bond donors (Lipinski definition) is 0. The molecule has 0 aliphatic carbocycles. The quantitative estimate of drug-likeness (QED) is 0.629. The van der Waals surface area contributed by atoms with Crippen LogP contribution in [-0.2, 0) is 11.2 Å². The maximum atomic E-state index is 12.7. The highest BCUT2D eigenvalue weighted by Crippen LogP contribution is 2.37. The number of benzene rings is 1. The lowest BCUT2D eigenvalue weighted by Gasteiger charge is -2.17. The third kappa shape index (κ3) is 2.82. The zero-order valence-electron chi connectivity index (χ0n) is 12.0. The normalized spacial score (nSPS) is 16.6. The van der Waals surface area contributed by atoms with E-state index >= 15 is 0 Å². The van der Waals surface area contributed by atoms with E-state index < -0.39 is 0 Å². The maximum absolute atomic E-state index is 12.7. The number of hydrogen-bond acceptors (Lipinski definition) is 4. The number of para-hydroxylation sites is 1. The summed E-state index contributed by atoms with van der Waals surface area (Å²) >= 11 is 6.74. The second kappa shape index (κ2) is 6.42. The highest BCUT2D eigenvalue weighted by molar-refractivity contribution is 8.27. The third-order valence-electron chi connectivity index (χ3n) is 3.39. The Labute approximate surface area is 139 Å². The van der Waals surface area contributed by atoms with E-state index in [9.17, 15) is 4.79 Å². The van der Waals surface area contributed by atoms with Crippen LogP contribution in [0, 0.1) is 0 Å². The molecular formula is C17H14N2OS2. The molecule has 0 atom stereocenters. The fraction of sp³-hybridized carbons (Fsp3) is 0.118. The minimum atomic E-state index is -0.0697. The highest BCUT2D eigenvalue weighted by atomic mass is 32.2. The van der Waals surface area contributed by atoms with Crippen LogP contribution < -0.4 is 4.90 Å². The zero-order chi connectivity index (χ0) is 15.5. The lowest BCUT2D eigenvalue weighted by atomic mass is 10.1. The monoisotopic (exact) mass is 326 g/mol. The first-order valence-corrected chi connectivity index (χ1v) is 8.19. The Morgan fingerprint density at radius 1 is 1.27 bits per heavy atom. The van der Waals surface area contributed by atoms with Crippen LogP contribution in [0.4, 0.5) is 5.69 Å². The number of carbonyl (C=O) groups is 1. The number of pyridine rings is 1. The summed E-state index contributed by atoms with van der Waals surface area (Å²) in [4.78, 5) is 19.0. The molecule has 3 nitrogen and oxygen atoms in total. The van der Waals surface area contributed by atoms with Gasteiger partial charge in [0.2, 0.25) is 0 Å². The fourth-order valence-electron chi connectivity index (χ4n) is 2.32. The van der Waals surface area contributed by atoms with E-state index in [1.54, 1.807) is 17.3 Å². The van der Waals surface area contributed by atoms with Gasteiger partial charge in [0.05, 0.1) is 10.6 Å². The number of nitrogens with zero attached hydrogens (tertiary/aromatic N) is 2. The molecule has 1 aliphatic rings. The van der Waals surface area contributed by atoms with Crippen LogP contribution in [0.5, 0.6) is 0 Å². The van der Waals surface area contributed by atoms with Crippen LogP contribution in [0.15, 0.2) is 53.7 Å². The van der Waals surface area contributed by atoms with E-state index in [0.717, 1.165) is 23.2 Å². The SMILES string of the molecule is CCc1ccccc1N1C(=O)C(=Cc2cccnc2)SC1=S. The number of carbonyl (C=O) groups excluding carboxylic acids is 1. The second-order valence-corrected chi connectivity index (χ2v) is 6.46. The third-order valence-corrected chi connectivity index (χ3v) is 4.69. The van der Waals surface area contributed by atoms with Crippen molar-refractivity contribution in [2.24, 2.45) is 0 Å². The predicted molar refractivity (Wildman–Crippen MR) is 95.7 cm³/mol. The molecule has 0 bridgehead atoms. The number of thiocarbonyl (C=S) groups is 1. The molecule has 2 aromatic rings. The van der Waals surface area contributed by atoms with Crippen molar-refractivity contribution >= 4 is 46.0 Å². The topological polar surface area (TPSA) is 33.2 Å². The van der Waals surface area contributed by atoms with Crippen LogP contribution in [0.1, 0.15) is 18.1 Å². The predicted octanol–water partition coefficient (Wildman–Crippen LogP) is 4.05. The Hall–Kier alpha value is -1.98. The van der Waals surface area contributed by atoms with Gasteiger partial charge in [-0.15, -0.1) is 0 Å². The summed E-state index contributed by atoms with van der Waals surface area (Å²) in [5.41, 5.74) is 2.88. The molecule has 2 heterocycles. The Bertz CT molecular complexity index is 756. The number of thioether (sulfide) groups is 1. The minimum Gasteiger partial charge on any atom is -0.268 e. The van der Waals surface area contributed by atoms with Gasteiger partial charge < -0.3 is 0 Å². The Morgan fingerprint density at radius 3 is 2.82 bits per heavy atom. The molecule has 1 amide bonds. The summed E-state index contributed by atoms with van der Waals surface area (Å²) in [6, 6.07) is 11.6. The summed E-state index contributed by atoms with van der Waals surface area (Å²) in [7, 11) is 0. The Kier molecular flexibility index (Phi) is 4.36. The first kappa shape index (κ1) is 14.9. The smallest absolute Gasteiger partial charge is 0.268 e. The van der Waals surface area contributed by atoms with E-state index in [1.165, 1.54) is 11.8 Å². The summed E-state index contributed by atoms with van der Waals surface area (Å²) in [5.74, 6) is -0.0697. The van der Waals surface area contributed by atoms with Gasteiger partial charge >= 0.3 is 0 Å². The van der Waals surface area contributed by atoms with E-state index in [4.69, 9.17) is 12.2 Å². The average molecular weight is 326 g/mol. The number of anilines is 1. The molecule has 0 unspecified atom stereocenters. The molecule has 22 heavy (non-hydrogen) atoms. The number of aromatic nitrogens is 1. The van der Waals surface area contributed by atoms with Crippen LogP contribution in [0.25, 0.3) is 6.08 Å². The first-order valence-electron chi connectivity index (χ1n) is 6.96. The van der Waals surface area contributed by atoms with Crippen molar-refractivity contribution in [2.45, 2.75) is 13.3 Å². The van der Waals surface area contributed by atoms with Crippen molar-refractivity contribution in [3.8, 4) is 0 Å². The Morgan fingerprint density at radius 2 is 2.09 bits per heavy atom. The second-order valence-electron chi connectivity index (χ2n) is 4.79. The van der Waals surface area contributed by atoms with Gasteiger partial charge in [-0.3, -0.25) is 14.7 Å². The fourth-order valence-corrected chi connectivity index (χ4v) is 3.60. The summed E-state index contributed by atoms with van der Waals surface area (Å²) in [6.45, 7) is 2.07. The molecule has 5 heteroatoms. The van der Waals surface area contributed by atoms with Crippen molar-refractivity contribution in [1.29, 1.82) is 0 Å². The molecule has 1 aromatic carbocycles. The van der Waals surface area contributed by atoms with Gasteiger partial charge in [0.1, 0.15) is 0 Å². The largest absolute Gasteiger partial charge is 0.270 e. The lowest BCUT2D eigenvalue weighted by Crippen LogP contribution is -2.28. The van der Waals surface area contributed by atoms with Gasteiger partial charge in [-0.1, -0.05) is 55.2 Å². The molecule has 1 aromatic heterocycles. The van der Waals surface area contributed by atoms with Crippen LogP contribution in [0.3, 0.4) is 0 Å². The zero-order valence-corrected chi connectivity index (χ0v) is 13.7. The standard InChI is InChI=1S/C17H14N2OS2/c1-2-13-7-3-4-8-14(13)19-16(20)15(22-17(19)21)10-12-6-5-9-18-11-12/h3-11H,2H2,1H3. The average Bonchev–Trinajstić information content (AvgIpc) is 2.82. The number of rotatable bonds is 3. The molecule has 1 fully saturated rings. The van der Waals surface area contributed by atoms with Crippen molar-refractivity contribution < 1.29 is 4.79 Å². The van der Waals surface area contributed by atoms with Gasteiger partial charge in [0.25, 0.3) is 5.91 Å². The molecule has 110 valence electrons. The minimum absolute atomic E-state index is 0.0697. The summed E-state index contributed by atoms with van der Waals surface area (Å²) < 4.78 is 0.570. The molecule has 1 saturated heterocycles. The van der Waals surface area contributed by atoms with E-state index in [-0.39, 0.29) is 5.91 Å². The van der Waals surface area contributed by atoms with E-state index in [1.807, 2.05) is 42.5 Å². The lowest BCUT2D eigenvalue weighted by molar-refractivity contribution is -0.113. The van der Waals surface area contributed by atoms with Crippen molar-refractivity contribution in [3.63, 3.8) is 0 Å². The number of aryl methyl sites for hydroxylation is 1. The van der Waals surface area contributed by atoms with Crippen LogP contribution in [-0.4, -0.2) is 15.2 Å². The van der Waals surface area contributed by atoms with Crippen molar-refractivity contribution in [2.75, 3.05) is 4.90 Å². The Balaban J connectivity index is 1.97. The van der Waals surface area contributed by atoms with Crippen LogP contribution in [0.2, 0.25) is 0 Å². The van der Waals surface area contributed by atoms with Gasteiger partial charge in [-0.05, 0) is 35.8 Å². The molecule has 0 spiro atoms. The summed E-state index contributed by atoms with van der Waals surface area (Å²) in [5, 5.41) is 0. The van der Waals surface area contributed by atoms with E-state index in [2.05, 4.69) is 11.9 Å². The van der Waals surface area contributed by atoms with Gasteiger partial charge in [0, 0.05) is 12.4 Å². The highest BCUT2D eigenvalue weighted by Gasteiger charge is 2.34. The van der Waals surface area contributed by atoms with Crippen molar-refractivity contribution in [1.82, 2.24) is 4.98 Å². The molecule has 3 rings (SSSR count). The molecule has 0 N–H and O–H groups in total. The molecule has 0 radical (unpaired) electrons. The molecule has 1 aliphatic heterocycles. The molecule has 0 saturated carbocycles. The van der Waals surface area contributed by atoms with Gasteiger partial charge in [0.15, 0.2) is 4.32 Å². The molecular weight excluding hydrogens is 312 g/mol. The van der Waals surface area contributed by atoms with Crippen molar-refractivity contribution in [3.05, 3.63) is 64.8 Å².